The quantitative estimate of drug-likeness (QED) is 0.876. The third-order valence-corrected chi connectivity index (χ3v) is 3.33. The Bertz CT molecular complexity index is 534. The van der Waals surface area contributed by atoms with E-state index in [-0.39, 0.29) is 0 Å². The molecule has 2 nitrogen and oxygen atoms in total. The van der Waals surface area contributed by atoms with Crippen LogP contribution in [-0.4, -0.2) is 18.7 Å². The van der Waals surface area contributed by atoms with E-state index in [1.54, 1.807) is 0 Å². The summed E-state index contributed by atoms with van der Waals surface area (Å²) in [5.41, 5.74) is 0.911. The maximum Gasteiger partial charge on any atom is 0.146 e. The SMILES string of the molecule is CC(C)CCN(C)c1ccc2ccccc2c1O. The Kier molecular flexibility index (Phi) is 3.75. The normalized spacial score (nSPS) is 11.1. The maximum atomic E-state index is 10.3. The van der Waals surface area contributed by atoms with E-state index in [4.69, 9.17) is 0 Å². The Morgan fingerprint density at radius 1 is 1.11 bits per heavy atom. The summed E-state index contributed by atoms with van der Waals surface area (Å²) in [4.78, 5) is 2.13. The van der Waals surface area contributed by atoms with Crippen molar-refractivity contribution in [2.45, 2.75) is 20.3 Å². The Hall–Kier alpha value is -1.70. The summed E-state index contributed by atoms with van der Waals surface area (Å²) < 4.78 is 0. The molecule has 0 bridgehead atoms. The van der Waals surface area contributed by atoms with Gasteiger partial charge >= 0.3 is 0 Å². The van der Waals surface area contributed by atoms with Gasteiger partial charge in [0.25, 0.3) is 0 Å². The van der Waals surface area contributed by atoms with E-state index in [9.17, 15) is 5.11 Å². The third kappa shape index (κ3) is 2.58. The molecule has 0 fully saturated rings. The number of benzene rings is 2. The molecule has 18 heavy (non-hydrogen) atoms. The second kappa shape index (κ2) is 5.30. The zero-order chi connectivity index (χ0) is 13.1. The Morgan fingerprint density at radius 2 is 1.83 bits per heavy atom. The van der Waals surface area contributed by atoms with E-state index < -0.39 is 0 Å². The first kappa shape index (κ1) is 12.7. The molecule has 0 saturated heterocycles. The van der Waals surface area contributed by atoms with Crippen molar-refractivity contribution in [2.24, 2.45) is 5.92 Å². The zero-order valence-electron chi connectivity index (χ0n) is 11.4. The molecular formula is C16H21NO. The van der Waals surface area contributed by atoms with Gasteiger partial charge in [-0.05, 0) is 23.8 Å². The molecule has 0 amide bonds. The maximum absolute atomic E-state index is 10.3. The second-order valence-electron chi connectivity index (χ2n) is 5.26. The summed E-state index contributed by atoms with van der Waals surface area (Å²) in [5, 5.41) is 12.3. The number of aromatic hydroxyl groups is 1. The molecule has 0 heterocycles. The van der Waals surface area contributed by atoms with Crippen molar-refractivity contribution >= 4 is 16.5 Å². The van der Waals surface area contributed by atoms with Crippen LogP contribution in [0.3, 0.4) is 0 Å². The van der Waals surface area contributed by atoms with E-state index in [1.165, 1.54) is 0 Å². The molecule has 0 unspecified atom stereocenters. The van der Waals surface area contributed by atoms with Crippen molar-refractivity contribution in [3.05, 3.63) is 36.4 Å². The van der Waals surface area contributed by atoms with Crippen LogP contribution in [0.15, 0.2) is 36.4 Å². The minimum Gasteiger partial charge on any atom is -0.505 e. The van der Waals surface area contributed by atoms with Crippen LogP contribution in [0.4, 0.5) is 5.69 Å². The van der Waals surface area contributed by atoms with Crippen LogP contribution >= 0.6 is 0 Å². The summed E-state index contributed by atoms with van der Waals surface area (Å²) in [7, 11) is 2.03. The molecule has 0 aromatic heterocycles. The van der Waals surface area contributed by atoms with E-state index in [2.05, 4.69) is 24.8 Å². The molecule has 2 heteroatoms. The number of rotatable bonds is 4. The molecule has 0 spiro atoms. The van der Waals surface area contributed by atoms with Gasteiger partial charge in [0.05, 0.1) is 5.69 Å². The highest BCUT2D eigenvalue weighted by Crippen LogP contribution is 2.34. The average molecular weight is 243 g/mol. The van der Waals surface area contributed by atoms with Crippen molar-refractivity contribution in [3.63, 3.8) is 0 Å². The van der Waals surface area contributed by atoms with Gasteiger partial charge in [0.15, 0.2) is 0 Å². The van der Waals surface area contributed by atoms with Crippen molar-refractivity contribution in [1.29, 1.82) is 0 Å². The lowest BCUT2D eigenvalue weighted by Crippen LogP contribution is -2.19. The van der Waals surface area contributed by atoms with Gasteiger partial charge < -0.3 is 10.0 Å². The third-order valence-electron chi connectivity index (χ3n) is 3.33. The first-order chi connectivity index (χ1) is 8.59. The number of nitrogens with zero attached hydrogens (tertiary/aromatic N) is 1. The number of hydrogen-bond donors (Lipinski definition) is 1. The summed E-state index contributed by atoms with van der Waals surface area (Å²) in [6.07, 6.45) is 1.13. The highest BCUT2D eigenvalue weighted by Gasteiger charge is 2.10. The van der Waals surface area contributed by atoms with Crippen LogP contribution < -0.4 is 4.90 Å². The highest BCUT2D eigenvalue weighted by atomic mass is 16.3. The van der Waals surface area contributed by atoms with Gasteiger partial charge in [-0.2, -0.15) is 0 Å². The van der Waals surface area contributed by atoms with E-state index in [0.29, 0.717) is 11.7 Å². The van der Waals surface area contributed by atoms with E-state index in [1.807, 2.05) is 37.4 Å². The fourth-order valence-electron chi connectivity index (χ4n) is 2.12. The van der Waals surface area contributed by atoms with Crippen LogP contribution in [0.2, 0.25) is 0 Å². The van der Waals surface area contributed by atoms with Crippen molar-refractivity contribution in [2.75, 3.05) is 18.5 Å². The van der Waals surface area contributed by atoms with E-state index in [0.717, 1.165) is 29.4 Å². The van der Waals surface area contributed by atoms with Crippen molar-refractivity contribution in [1.82, 2.24) is 0 Å². The number of phenolic OH excluding ortho intramolecular Hbond substituents is 1. The molecule has 0 atom stereocenters. The number of fused-ring (bicyclic) bond motifs is 1. The number of anilines is 1. The molecule has 2 rings (SSSR count). The summed E-state index contributed by atoms with van der Waals surface area (Å²) in [6.45, 7) is 5.39. The number of hydrogen-bond acceptors (Lipinski definition) is 2. The van der Waals surface area contributed by atoms with E-state index >= 15 is 0 Å². The lowest BCUT2D eigenvalue weighted by Gasteiger charge is -2.22. The average Bonchev–Trinajstić information content (AvgIpc) is 2.37. The zero-order valence-corrected chi connectivity index (χ0v) is 11.4. The summed E-state index contributed by atoms with van der Waals surface area (Å²) in [6, 6.07) is 12.0. The molecule has 0 radical (unpaired) electrons. The Labute approximate surface area is 109 Å². The minimum absolute atomic E-state index is 0.388. The highest BCUT2D eigenvalue weighted by molar-refractivity contribution is 5.93. The smallest absolute Gasteiger partial charge is 0.146 e. The van der Waals surface area contributed by atoms with Gasteiger partial charge in [0.1, 0.15) is 5.75 Å². The monoisotopic (exact) mass is 243 g/mol. The standard InChI is InChI=1S/C16H21NO/c1-12(2)10-11-17(3)15-9-8-13-6-4-5-7-14(13)16(15)18/h4-9,12,18H,10-11H2,1-3H3. The molecular weight excluding hydrogens is 222 g/mol. The Morgan fingerprint density at radius 3 is 2.56 bits per heavy atom. The Balaban J connectivity index is 2.31. The van der Waals surface area contributed by atoms with Gasteiger partial charge in [-0.25, -0.2) is 0 Å². The van der Waals surface area contributed by atoms with Crippen molar-refractivity contribution < 1.29 is 5.11 Å². The van der Waals surface area contributed by atoms with Crippen molar-refractivity contribution in [3.8, 4) is 5.75 Å². The largest absolute Gasteiger partial charge is 0.505 e. The van der Waals surface area contributed by atoms with Gasteiger partial charge in [-0.3, -0.25) is 0 Å². The minimum atomic E-state index is 0.388. The van der Waals surface area contributed by atoms with Gasteiger partial charge in [0.2, 0.25) is 0 Å². The molecule has 2 aromatic carbocycles. The molecule has 0 aliphatic heterocycles. The predicted octanol–water partition coefficient (Wildman–Crippen LogP) is 4.03. The van der Waals surface area contributed by atoms with Gasteiger partial charge in [-0.1, -0.05) is 44.2 Å². The lowest BCUT2D eigenvalue weighted by atomic mass is 10.1. The molecule has 2 aromatic rings. The fourth-order valence-corrected chi connectivity index (χ4v) is 2.12. The topological polar surface area (TPSA) is 23.5 Å². The summed E-state index contributed by atoms with van der Waals surface area (Å²) in [5.74, 6) is 1.06. The van der Waals surface area contributed by atoms with Crippen LogP contribution in [0.25, 0.3) is 10.8 Å². The van der Waals surface area contributed by atoms with Gasteiger partial charge in [0, 0.05) is 19.0 Å². The molecule has 0 aliphatic rings. The summed E-state index contributed by atoms with van der Waals surface area (Å²) >= 11 is 0. The predicted molar refractivity (Wildman–Crippen MR) is 78.3 cm³/mol. The molecule has 0 aliphatic carbocycles. The van der Waals surface area contributed by atoms with Crippen LogP contribution in [-0.2, 0) is 0 Å². The fraction of sp³-hybridized carbons (Fsp3) is 0.375. The molecule has 0 saturated carbocycles. The number of phenols is 1. The van der Waals surface area contributed by atoms with Gasteiger partial charge in [-0.15, -0.1) is 0 Å². The first-order valence-electron chi connectivity index (χ1n) is 6.51. The van der Waals surface area contributed by atoms with Crippen LogP contribution in [0.1, 0.15) is 20.3 Å². The van der Waals surface area contributed by atoms with Crippen LogP contribution in [0.5, 0.6) is 5.75 Å². The van der Waals surface area contributed by atoms with Crippen LogP contribution in [0, 0.1) is 5.92 Å². The molecule has 1 N–H and O–H groups in total. The second-order valence-corrected chi connectivity index (χ2v) is 5.26. The molecule has 96 valence electrons. The first-order valence-corrected chi connectivity index (χ1v) is 6.51. The lowest BCUT2D eigenvalue weighted by molar-refractivity contribution is 0.479.